The van der Waals surface area contributed by atoms with Gasteiger partial charge in [-0.1, -0.05) is 30.3 Å². The standard InChI is InChI=1S/C13H14N2O4/c16-8-4-7-15-12(18)10(11(17)14-13(15)19)9-5-2-1-3-6-9/h1-3,5-6,10,16H,4,7-8H2,(H,14,17,19). The summed E-state index contributed by atoms with van der Waals surface area (Å²) in [5.41, 5.74) is 0.548. The normalized spacial score (nSPS) is 19.5. The van der Waals surface area contributed by atoms with Crippen molar-refractivity contribution in [3.8, 4) is 0 Å². The summed E-state index contributed by atoms with van der Waals surface area (Å²) in [4.78, 5) is 36.6. The van der Waals surface area contributed by atoms with E-state index in [-0.39, 0.29) is 19.6 Å². The minimum atomic E-state index is -1.00. The number of carbonyl (C=O) groups is 3. The number of aliphatic hydroxyl groups excluding tert-OH is 1. The van der Waals surface area contributed by atoms with E-state index < -0.39 is 23.8 Å². The molecule has 1 fully saturated rings. The van der Waals surface area contributed by atoms with Gasteiger partial charge in [0.15, 0.2) is 0 Å². The third-order valence-electron chi connectivity index (χ3n) is 2.92. The number of nitrogens with one attached hydrogen (secondary N) is 1. The van der Waals surface area contributed by atoms with Crippen molar-refractivity contribution < 1.29 is 19.5 Å². The van der Waals surface area contributed by atoms with Crippen molar-refractivity contribution >= 4 is 17.8 Å². The van der Waals surface area contributed by atoms with Crippen LogP contribution >= 0.6 is 0 Å². The highest BCUT2D eigenvalue weighted by molar-refractivity contribution is 6.19. The number of aliphatic hydroxyl groups is 1. The average molecular weight is 262 g/mol. The van der Waals surface area contributed by atoms with Crippen LogP contribution in [0.1, 0.15) is 17.9 Å². The Labute approximate surface area is 110 Å². The molecule has 100 valence electrons. The van der Waals surface area contributed by atoms with E-state index in [4.69, 9.17) is 5.11 Å². The van der Waals surface area contributed by atoms with Gasteiger partial charge >= 0.3 is 6.03 Å². The van der Waals surface area contributed by atoms with Crippen LogP contribution in [0.2, 0.25) is 0 Å². The van der Waals surface area contributed by atoms with E-state index in [0.29, 0.717) is 5.56 Å². The Hall–Kier alpha value is -2.21. The quantitative estimate of drug-likeness (QED) is 0.760. The molecular weight excluding hydrogens is 248 g/mol. The van der Waals surface area contributed by atoms with Gasteiger partial charge in [0, 0.05) is 13.2 Å². The molecule has 4 amide bonds. The van der Waals surface area contributed by atoms with Crippen molar-refractivity contribution in [1.82, 2.24) is 10.2 Å². The molecule has 0 aliphatic carbocycles. The molecule has 1 aliphatic rings. The first-order chi connectivity index (χ1) is 9.15. The molecule has 6 nitrogen and oxygen atoms in total. The Bertz CT molecular complexity index is 501. The predicted octanol–water partition coefficient (Wildman–Crippen LogP) is 0.231. The van der Waals surface area contributed by atoms with Crippen molar-refractivity contribution in [3.05, 3.63) is 35.9 Å². The Kier molecular flexibility index (Phi) is 3.91. The van der Waals surface area contributed by atoms with Crippen LogP contribution < -0.4 is 5.32 Å². The van der Waals surface area contributed by atoms with Gasteiger partial charge in [0.1, 0.15) is 5.92 Å². The van der Waals surface area contributed by atoms with Crippen molar-refractivity contribution in [3.63, 3.8) is 0 Å². The molecule has 2 rings (SSSR count). The summed E-state index contributed by atoms with van der Waals surface area (Å²) < 4.78 is 0. The van der Waals surface area contributed by atoms with Gasteiger partial charge in [0.05, 0.1) is 0 Å². The Morgan fingerprint density at radius 1 is 1.16 bits per heavy atom. The molecule has 1 atom stereocenters. The zero-order valence-electron chi connectivity index (χ0n) is 10.2. The van der Waals surface area contributed by atoms with Crippen molar-refractivity contribution in [2.75, 3.05) is 13.2 Å². The van der Waals surface area contributed by atoms with Crippen molar-refractivity contribution in [2.45, 2.75) is 12.3 Å². The zero-order chi connectivity index (χ0) is 13.8. The molecule has 1 aromatic carbocycles. The van der Waals surface area contributed by atoms with Crippen LogP contribution in [0, 0.1) is 0 Å². The highest BCUT2D eigenvalue weighted by Gasteiger charge is 2.40. The fourth-order valence-electron chi connectivity index (χ4n) is 1.99. The van der Waals surface area contributed by atoms with Gasteiger partial charge in [0.2, 0.25) is 11.8 Å². The summed E-state index contributed by atoms with van der Waals surface area (Å²) in [5, 5.41) is 10.9. The first-order valence-corrected chi connectivity index (χ1v) is 5.97. The number of hydrogen-bond donors (Lipinski definition) is 2. The van der Waals surface area contributed by atoms with E-state index in [9.17, 15) is 14.4 Å². The number of nitrogens with zero attached hydrogens (tertiary/aromatic N) is 1. The highest BCUT2D eigenvalue weighted by Crippen LogP contribution is 2.22. The van der Waals surface area contributed by atoms with Crippen molar-refractivity contribution in [2.24, 2.45) is 0 Å². The molecule has 1 saturated heterocycles. The number of hydrogen-bond acceptors (Lipinski definition) is 4. The lowest BCUT2D eigenvalue weighted by atomic mass is 9.95. The third-order valence-corrected chi connectivity index (χ3v) is 2.92. The fourth-order valence-corrected chi connectivity index (χ4v) is 1.99. The van der Waals surface area contributed by atoms with E-state index >= 15 is 0 Å². The topological polar surface area (TPSA) is 86.7 Å². The lowest BCUT2D eigenvalue weighted by molar-refractivity contribution is -0.138. The fraction of sp³-hybridized carbons (Fsp3) is 0.308. The van der Waals surface area contributed by atoms with Gasteiger partial charge in [-0.15, -0.1) is 0 Å². The van der Waals surface area contributed by atoms with E-state index in [2.05, 4.69) is 5.32 Å². The van der Waals surface area contributed by atoms with Crippen molar-refractivity contribution in [1.29, 1.82) is 0 Å². The first-order valence-electron chi connectivity index (χ1n) is 5.97. The van der Waals surface area contributed by atoms with E-state index in [1.807, 2.05) is 0 Å². The number of imide groups is 2. The second-order valence-electron chi connectivity index (χ2n) is 4.21. The van der Waals surface area contributed by atoms with Gasteiger partial charge in [-0.3, -0.25) is 19.8 Å². The van der Waals surface area contributed by atoms with E-state index in [0.717, 1.165) is 4.90 Å². The van der Waals surface area contributed by atoms with Crippen LogP contribution in [0.25, 0.3) is 0 Å². The average Bonchev–Trinajstić information content (AvgIpc) is 2.39. The Morgan fingerprint density at radius 2 is 1.84 bits per heavy atom. The first kappa shape index (κ1) is 13.2. The summed E-state index contributed by atoms with van der Waals surface area (Å²) in [6, 6.07) is 7.85. The molecule has 1 unspecified atom stereocenters. The maximum absolute atomic E-state index is 12.2. The number of barbiturate groups is 1. The van der Waals surface area contributed by atoms with Gasteiger partial charge < -0.3 is 5.11 Å². The van der Waals surface area contributed by atoms with E-state index in [1.165, 1.54) is 0 Å². The number of amides is 4. The summed E-state index contributed by atoms with van der Waals surface area (Å²) in [6.45, 7) is -0.0290. The number of urea groups is 1. The smallest absolute Gasteiger partial charge is 0.330 e. The summed E-state index contributed by atoms with van der Waals surface area (Å²) in [5.74, 6) is -2.16. The number of benzene rings is 1. The summed E-state index contributed by atoms with van der Waals surface area (Å²) in [6.07, 6.45) is 0.287. The van der Waals surface area contributed by atoms with Crippen LogP contribution in [-0.2, 0) is 9.59 Å². The lowest BCUT2D eigenvalue weighted by Gasteiger charge is -2.30. The zero-order valence-corrected chi connectivity index (χ0v) is 10.2. The van der Waals surface area contributed by atoms with Crippen LogP contribution in [0.15, 0.2) is 30.3 Å². The van der Waals surface area contributed by atoms with Crippen LogP contribution in [0.5, 0.6) is 0 Å². The molecule has 1 heterocycles. The second-order valence-corrected chi connectivity index (χ2v) is 4.21. The van der Waals surface area contributed by atoms with Gasteiger partial charge in [-0.05, 0) is 12.0 Å². The molecule has 0 aromatic heterocycles. The predicted molar refractivity (Wildman–Crippen MR) is 66.1 cm³/mol. The minimum absolute atomic E-state index is 0.0950. The number of rotatable bonds is 4. The maximum Gasteiger partial charge on any atom is 0.330 e. The molecule has 0 saturated carbocycles. The molecule has 0 bridgehead atoms. The molecule has 0 radical (unpaired) electrons. The van der Waals surface area contributed by atoms with Gasteiger partial charge in [0.25, 0.3) is 0 Å². The largest absolute Gasteiger partial charge is 0.396 e. The van der Waals surface area contributed by atoms with Crippen LogP contribution in [0.4, 0.5) is 4.79 Å². The van der Waals surface area contributed by atoms with Crippen LogP contribution in [0.3, 0.4) is 0 Å². The molecular formula is C13H14N2O4. The molecule has 6 heteroatoms. The SMILES string of the molecule is O=C1NC(=O)N(CCCO)C(=O)C1c1ccccc1. The van der Waals surface area contributed by atoms with Crippen LogP contribution in [-0.4, -0.2) is 41.0 Å². The van der Waals surface area contributed by atoms with E-state index in [1.54, 1.807) is 30.3 Å². The van der Waals surface area contributed by atoms with Gasteiger partial charge in [-0.25, -0.2) is 4.79 Å². The molecule has 2 N–H and O–H groups in total. The second kappa shape index (κ2) is 5.62. The lowest BCUT2D eigenvalue weighted by Crippen LogP contribution is -2.57. The molecule has 0 spiro atoms. The monoisotopic (exact) mass is 262 g/mol. The number of carbonyl (C=O) groups excluding carboxylic acids is 3. The molecule has 1 aromatic rings. The summed E-state index contributed by atoms with van der Waals surface area (Å²) >= 11 is 0. The Balaban J connectivity index is 2.26. The molecule has 1 aliphatic heterocycles. The maximum atomic E-state index is 12.2. The minimum Gasteiger partial charge on any atom is -0.396 e. The van der Waals surface area contributed by atoms with Gasteiger partial charge in [-0.2, -0.15) is 0 Å². The summed E-state index contributed by atoms with van der Waals surface area (Å²) in [7, 11) is 0. The Morgan fingerprint density at radius 3 is 2.47 bits per heavy atom. The molecule has 19 heavy (non-hydrogen) atoms. The highest BCUT2D eigenvalue weighted by atomic mass is 16.3. The third kappa shape index (κ3) is 2.63.